The van der Waals surface area contributed by atoms with Crippen LogP contribution in [-0.4, -0.2) is 89.6 Å². The number of sulfone groups is 2. The van der Waals surface area contributed by atoms with Gasteiger partial charge in [-0.1, -0.05) is 32.9 Å². The minimum atomic E-state index is -3.22. The van der Waals surface area contributed by atoms with Crippen LogP contribution in [0.25, 0.3) is 0 Å². The molecule has 0 amide bonds. The first-order chi connectivity index (χ1) is 14.8. The molecule has 192 valence electrons. The third kappa shape index (κ3) is 10.2. The average molecular weight is 527 g/mol. The molecule has 0 aliphatic carbocycles. The molecular formula is C22H39ClN2O6S2. The van der Waals surface area contributed by atoms with Gasteiger partial charge in [0.05, 0.1) is 16.9 Å². The molecule has 0 saturated carbocycles. The van der Waals surface area contributed by atoms with E-state index in [1.807, 2.05) is 20.8 Å². The average Bonchev–Trinajstić information content (AvgIpc) is 2.70. The van der Waals surface area contributed by atoms with Crippen LogP contribution in [0.1, 0.15) is 39.2 Å². The maximum atomic E-state index is 12.3. The van der Waals surface area contributed by atoms with Gasteiger partial charge in [0.1, 0.15) is 19.7 Å². The van der Waals surface area contributed by atoms with Crippen LogP contribution in [0, 0.1) is 0 Å². The van der Waals surface area contributed by atoms with E-state index in [0.29, 0.717) is 30.6 Å². The number of nitrogens with zero attached hydrogens (tertiary/aromatic N) is 2. The first-order valence-corrected chi connectivity index (χ1v) is 15.1. The molecule has 1 rings (SSSR count). The highest BCUT2D eigenvalue weighted by Crippen LogP contribution is 2.34. The Morgan fingerprint density at radius 2 is 1.33 bits per heavy atom. The number of anilines is 1. The zero-order chi connectivity index (χ0) is 24.6. The minimum absolute atomic E-state index is 0. The Balaban J connectivity index is 0.0000102. The fourth-order valence-corrected chi connectivity index (χ4v) is 4.81. The molecule has 8 nitrogen and oxygen atoms in total. The van der Waals surface area contributed by atoms with Crippen molar-refractivity contribution in [1.82, 2.24) is 4.90 Å². The highest BCUT2D eigenvalue weighted by atomic mass is 35.5. The zero-order valence-corrected chi connectivity index (χ0v) is 22.7. The van der Waals surface area contributed by atoms with Crippen LogP contribution in [0.15, 0.2) is 24.3 Å². The Morgan fingerprint density at radius 1 is 0.879 bits per heavy atom. The maximum absolute atomic E-state index is 12.3. The number of rotatable bonds is 15. The van der Waals surface area contributed by atoms with Crippen molar-refractivity contribution < 1.29 is 26.7 Å². The molecule has 1 aromatic rings. The minimum Gasteiger partial charge on any atom is -0.481 e. The Hall–Kier alpha value is -1.36. The van der Waals surface area contributed by atoms with Crippen LogP contribution in [0.5, 0.6) is 0 Å². The summed E-state index contributed by atoms with van der Waals surface area (Å²) in [7, 11) is -6.44. The van der Waals surface area contributed by atoms with Crippen molar-refractivity contribution in [1.29, 1.82) is 0 Å². The number of aliphatic carboxylic acids is 1. The lowest BCUT2D eigenvalue weighted by Gasteiger charge is -2.32. The largest absolute Gasteiger partial charge is 0.481 e. The molecule has 1 atom stereocenters. The monoisotopic (exact) mass is 526 g/mol. The van der Waals surface area contributed by atoms with E-state index >= 15 is 0 Å². The lowest BCUT2D eigenvalue weighted by Crippen LogP contribution is -2.39. The molecule has 0 bridgehead atoms. The summed E-state index contributed by atoms with van der Waals surface area (Å²) in [6.07, 6.45) is 3.20. The third-order valence-electron chi connectivity index (χ3n) is 6.01. The molecule has 0 aromatic heterocycles. The molecule has 0 heterocycles. The molecule has 0 aliphatic rings. The van der Waals surface area contributed by atoms with Crippen LogP contribution in [0.4, 0.5) is 5.69 Å². The lowest BCUT2D eigenvalue weighted by molar-refractivity contribution is -0.144. The first-order valence-electron chi connectivity index (χ1n) is 10.9. The number of carboxylic acid groups (broad SMARTS) is 1. The van der Waals surface area contributed by atoms with Gasteiger partial charge in [-0.15, -0.1) is 12.4 Å². The smallest absolute Gasteiger partial charge is 0.314 e. The third-order valence-corrected chi connectivity index (χ3v) is 7.86. The molecule has 33 heavy (non-hydrogen) atoms. The summed E-state index contributed by atoms with van der Waals surface area (Å²) in [5, 5.41) is 10.1. The standard InChI is InChI=1S/C22H38N2O6S2.ClH/c1-6-22(21(25)26,13-14-23(7-2)8-3)19-9-11-20(12-10-19)24(15-17-31(4,27)28)16-18-32(5,29)30;/h9-12H,6-8,13-18H2,1-5H3,(H,25,26);1H. The van der Waals surface area contributed by atoms with E-state index in [0.717, 1.165) is 25.6 Å². The number of hydrogen-bond acceptors (Lipinski definition) is 7. The molecule has 0 spiro atoms. The zero-order valence-electron chi connectivity index (χ0n) is 20.3. The summed E-state index contributed by atoms with van der Waals surface area (Å²) in [6, 6.07) is 7.04. The van der Waals surface area contributed by atoms with Crippen LogP contribution in [0.3, 0.4) is 0 Å². The van der Waals surface area contributed by atoms with Crippen molar-refractivity contribution in [2.45, 2.75) is 39.0 Å². The van der Waals surface area contributed by atoms with Crippen molar-refractivity contribution in [3.05, 3.63) is 29.8 Å². The van der Waals surface area contributed by atoms with Crippen molar-refractivity contribution in [2.75, 3.05) is 61.6 Å². The van der Waals surface area contributed by atoms with Crippen molar-refractivity contribution >= 4 is 43.7 Å². The van der Waals surface area contributed by atoms with Gasteiger partial charge in [0.2, 0.25) is 0 Å². The predicted molar refractivity (Wildman–Crippen MR) is 137 cm³/mol. The second-order valence-corrected chi connectivity index (χ2v) is 12.8. The number of benzene rings is 1. The fourth-order valence-electron chi connectivity index (χ4n) is 3.71. The number of carbonyl (C=O) groups is 1. The van der Waals surface area contributed by atoms with Crippen molar-refractivity contribution in [3.8, 4) is 0 Å². The van der Waals surface area contributed by atoms with Crippen molar-refractivity contribution in [3.63, 3.8) is 0 Å². The van der Waals surface area contributed by atoms with E-state index < -0.39 is 31.1 Å². The molecule has 0 radical (unpaired) electrons. The van der Waals surface area contributed by atoms with Crippen LogP contribution >= 0.6 is 12.4 Å². The van der Waals surface area contributed by atoms with Gasteiger partial charge in [-0.25, -0.2) is 16.8 Å². The molecule has 11 heteroatoms. The number of hydrogen-bond donors (Lipinski definition) is 1. The van der Waals surface area contributed by atoms with Gasteiger partial charge in [0.25, 0.3) is 0 Å². The van der Waals surface area contributed by atoms with Gasteiger partial charge in [0.15, 0.2) is 0 Å². The Labute approximate surface area is 205 Å². The van der Waals surface area contributed by atoms with E-state index in [1.54, 1.807) is 29.2 Å². The summed E-state index contributed by atoms with van der Waals surface area (Å²) >= 11 is 0. The summed E-state index contributed by atoms with van der Waals surface area (Å²) in [4.78, 5) is 16.2. The van der Waals surface area contributed by atoms with Gasteiger partial charge in [-0.05, 0) is 50.2 Å². The van der Waals surface area contributed by atoms with E-state index in [9.17, 15) is 26.7 Å². The second kappa shape index (κ2) is 13.5. The molecule has 0 aliphatic heterocycles. The molecule has 0 fully saturated rings. The Morgan fingerprint density at radius 3 is 1.67 bits per heavy atom. The van der Waals surface area contributed by atoms with Crippen LogP contribution in [0.2, 0.25) is 0 Å². The molecule has 1 aromatic carbocycles. The summed E-state index contributed by atoms with van der Waals surface area (Å²) < 4.78 is 46.5. The van der Waals surface area contributed by atoms with Crippen LogP contribution < -0.4 is 4.90 Å². The fraction of sp³-hybridized carbons (Fsp3) is 0.682. The normalized spacial score (nSPS) is 13.9. The number of carboxylic acids is 1. The van der Waals surface area contributed by atoms with E-state index in [1.165, 1.54) is 0 Å². The van der Waals surface area contributed by atoms with Gasteiger partial charge < -0.3 is 14.9 Å². The van der Waals surface area contributed by atoms with Gasteiger partial charge in [0, 0.05) is 31.3 Å². The van der Waals surface area contributed by atoms with Gasteiger partial charge in [-0.3, -0.25) is 4.79 Å². The maximum Gasteiger partial charge on any atom is 0.314 e. The second-order valence-electron chi connectivity index (χ2n) is 8.31. The van der Waals surface area contributed by atoms with E-state index in [2.05, 4.69) is 4.90 Å². The first kappa shape index (κ1) is 31.6. The summed E-state index contributed by atoms with van der Waals surface area (Å²) in [5.74, 6) is -1.07. The molecule has 1 unspecified atom stereocenters. The number of halogens is 1. The van der Waals surface area contributed by atoms with E-state index in [-0.39, 0.29) is 37.0 Å². The lowest BCUT2D eigenvalue weighted by atomic mass is 9.75. The van der Waals surface area contributed by atoms with Gasteiger partial charge in [-0.2, -0.15) is 0 Å². The predicted octanol–water partition coefficient (Wildman–Crippen LogP) is 2.47. The quantitative estimate of drug-likeness (QED) is 0.371. The molecule has 0 saturated heterocycles. The summed E-state index contributed by atoms with van der Waals surface area (Å²) in [5.41, 5.74) is 0.334. The SMILES string of the molecule is CCN(CC)CCC(CC)(C(=O)O)c1ccc(N(CCS(C)(=O)=O)CCS(C)(=O)=O)cc1.Cl. The Kier molecular flexibility index (Phi) is 13.0. The highest BCUT2D eigenvalue weighted by molar-refractivity contribution is 7.90. The van der Waals surface area contributed by atoms with E-state index in [4.69, 9.17) is 0 Å². The topological polar surface area (TPSA) is 112 Å². The highest BCUT2D eigenvalue weighted by Gasteiger charge is 2.38. The molecule has 1 N–H and O–H groups in total. The van der Waals surface area contributed by atoms with Gasteiger partial charge >= 0.3 is 5.97 Å². The Bertz CT molecular complexity index is 912. The van der Waals surface area contributed by atoms with Crippen molar-refractivity contribution in [2.24, 2.45) is 0 Å². The molecular weight excluding hydrogens is 488 g/mol. The van der Waals surface area contributed by atoms with Crippen LogP contribution in [-0.2, 0) is 29.9 Å². The summed E-state index contributed by atoms with van der Waals surface area (Å²) in [6.45, 7) is 8.66.